The number of methoxy groups -OCH3 is 2. The van der Waals surface area contributed by atoms with Gasteiger partial charge in [-0.05, 0) is 17.7 Å². The number of carbonyl (C=O) groups excluding carboxylic acids is 1. The maximum Gasteiger partial charge on any atom is 0.339 e. The number of esters is 1. The lowest BCUT2D eigenvalue weighted by Crippen LogP contribution is -2.15. The summed E-state index contributed by atoms with van der Waals surface area (Å²) in [5, 5.41) is 8.61. The van der Waals surface area contributed by atoms with Gasteiger partial charge < -0.3 is 9.47 Å². The third kappa shape index (κ3) is 2.55. The molecule has 0 saturated carbocycles. The predicted molar refractivity (Wildman–Crippen MR) is 52.9 cm³/mol. The van der Waals surface area contributed by atoms with E-state index < -0.39 is 12.1 Å². The second kappa shape index (κ2) is 5.13. The van der Waals surface area contributed by atoms with Crippen LogP contribution in [0, 0.1) is 11.3 Å². The Bertz CT molecular complexity index is 378. The number of benzene rings is 1. The highest BCUT2D eigenvalue weighted by molar-refractivity contribution is 5.76. The third-order valence-corrected chi connectivity index (χ3v) is 1.99. The van der Waals surface area contributed by atoms with Gasteiger partial charge in [-0.25, -0.2) is 4.79 Å². The summed E-state index contributed by atoms with van der Waals surface area (Å²) in [5.74, 6) is -0.456. The number of nitrogens with zero attached hydrogens (tertiary/aromatic N) is 1. The second-order valence-corrected chi connectivity index (χ2v) is 2.87. The minimum absolute atomic E-state index is 0.456. The average Bonchev–Trinajstić information content (AvgIpc) is 2.30. The number of nitriles is 1. The smallest absolute Gasteiger partial charge is 0.339 e. The van der Waals surface area contributed by atoms with E-state index in [1.807, 2.05) is 6.07 Å². The molecule has 0 aliphatic carbocycles. The lowest BCUT2D eigenvalue weighted by molar-refractivity contribution is -0.152. The van der Waals surface area contributed by atoms with Gasteiger partial charge in [0.25, 0.3) is 0 Å². The fourth-order valence-electron chi connectivity index (χ4n) is 1.21. The number of rotatable bonds is 3. The van der Waals surface area contributed by atoms with Crippen LogP contribution in [0.2, 0.25) is 0 Å². The van der Waals surface area contributed by atoms with Crippen molar-refractivity contribution < 1.29 is 14.3 Å². The van der Waals surface area contributed by atoms with E-state index in [0.717, 1.165) is 0 Å². The maximum absolute atomic E-state index is 11.3. The van der Waals surface area contributed by atoms with Crippen molar-refractivity contribution in [1.29, 1.82) is 5.26 Å². The lowest BCUT2D eigenvalue weighted by Gasteiger charge is -2.12. The van der Waals surface area contributed by atoms with Gasteiger partial charge in [-0.3, -0.25) is 0 Å². The van der Waals surface area contributed by atoms with E-state index in [4.69, 9.17) is 10.00 Å². The molecule has 0 N–H and O–H groups in total. The molecule has 1 atom stereocenters. The molecule has 0 heterocycles. The van der Waals surface area contributed by atoms with Crippen molar-refractivity contribution in [3.05, 3.63) is 35.4 Å². The minimum Gasteiger partial charge on any atom is -0.467 e. The van der Waals surface area contributed by atoms with Gasteiger partial charge in [0, 0.05) is 7.11 Å². The summed E-state index contributed by atoms with van der Waals surface area (Å²) >= 11 is 0. The van der Waals surface area contributed by atoms with Crippen molar-refractivity contribution in [2.45, 2.75) is 6.10 Å². The molecule has 0 amide bonds. The molecule has 1 rings (SSSR count). The van der Waals surface area contributed by atoms with E-state index in [-0.39, 0.29) is 0 Å². The monoisotopic (exact) mass is 205 g/mol. The molecule has 0 aliphatic heterocycles. The number of carbonyl (C=O) groups is 1. The van der Waals surface area contributed by atoms with Gasteiger partial charge in [-0.1, -0.05) is 12.1 Å². The van der Waals surface area contributed by atoms with Crippen molar-refractivity contribution in [2.24, 2.45) is 0 Å². The summed E-state index contributed by atoms with van der Waals surface area (Å²) in [6, 6.07) is 8.60. The van der Waals surface area contributed by atoms with Crippen molar-refractivity contribution in [3.8, 4) is 6.07 Å². The summed E-state index contributed by atoms with van der Waals surface area (Å²) in [4.78, 5) is 11.3. The van der Waals surface area contributed by atoms with Gasteiger partial charge in [-0.15, -0.1) is 0 Å². The molecule has 0 bridgehead atoms. The largest absolute Gasteiger partial charge is 0.467 e. The van der Waals surface area contributed by atoms with E-state index in [1.165, 1.54) is 14.2 Å². The van der Waals surface area contributed by atoms with Crippen LogP contribution in [0.15, 0.2) is 24.3 Å². The zero-order valence-electron chi connectivity index (χ0n) is 8.56. The Balaban J connectivity index is 2.94. The Kier molecular flexibility index (Phi) is 3.83. The standard InChI is InChI=1S/C11H11NO3/c1-14-10(11(13)15-2)9-5-3-8(7-12)4-6-9/h3-6,10H,1-2H3. The maximum atomic E-state index is 11.3. The molecule has 4 heteroatoms. The summed E-state index contributed by atoms with van der Waals surface area (Å²) in [6.07, 6.45) is -0.734. The van der Waals surface area contributed by atoms with Crippen LogP contribution < -0.4 is 0 Å². The first-order chi connectivity index (χ1) is 7.22. The summed E-state index contributed by atoms with van der Waals surface area (Å²) in [5.41, 5.74) is 1.21. The molecule has 1 unspecified atom stereocenters. The highest BCUT2D eigenvalue weighted by Gasteiger charge is 2.20. The van der Waals surface area contributed by atoms with Crippen LogP contribution in [-0.4, -0.2) is 20.2 Å². The molecular weight excluding hydrogens is 194 g/mol. The normalized spacial score (nSPS) is 11.5. The number of hydrogen-bond acceptors (Lipinski definition) is 4. The third-order valence-electron chi connectivity index (χ3n) is 1.99. The summed E-state index contributed by atoms with van der Waals surface area (Å²) in [6.45, 7) is 0. The van der Waals surface area contributed by atoms with E-state index in [9.17, 15) is 4.79 Å². The Morgan fingerprint density at radius 1 is 1.33 bits per heavy atom. The Hall–Kier alpha value is -1.86. The lowest BCUT2D eigenvalue weighted by atomic mass is 10.1. The van der Waals surface area contributed by atoms with Gasteiger partial charge >= 0.3 is 5.97 Å². The predicted octanol–water partition coefficient (Wildman–Crippen LogP) is 1.42. The van der Waals surface area contributed by atoms with Crippen LogP contribution >= 0.6 is 0 Å². The molecule has 1 aromatic rings. The van der Waals surface area contributed by atoms with E-state index >= 15 is 0 Å². The number of hydrogen-bond donors (Lipinski definition) is 0. The molecule has 0 saturated heterocycles. The SMILES string of the molecule is COC(=O)C(OC)c1ccc(C#N)cc1. The van der Waals surface area contributed by atoms with Crippen LogP contribution in [0.25, 0.3) is 0 Å². The van der Waals surface area contributed by atoms with Gasteiger partial charge in [0.2, 0.25) is 0 Å². The fraction of sp³-hybridized carbons (Fsp3) is 0.273. The first-order valence-electron chi connectivity index (χ1n) is 4.33. The first kappa shape index (κ1) is 11.2. The molecule has 4 nitrogen and oxygen atoms in total. The molecule has 0 radical (unpaired) electrons. The Morgan fingerprint density at radius 2 is 1.93 bits per heavy atom. The van der Waals surface area contributed by atoms with Crippen LogP contribution in [0.3, 0.4) is 0 Å². The minimum atomic E-state index is -0.734. The summed E-state index contributed by atoms with van der Waals surface area (Å²) in [7, 11) is 2.73. The van der Waals surface area contributed by atoms with Crippen LogP contribution in [0.1, 0.15) is 17.2 Å². The van der Waals surface area contributed by atoms with E-state index in [1.54, 1.807) is 24.3 Å². The van der Waals surface area contributed by atoms with Crippen molar-refractivity contribution >= 4 is 5.97 Å². The molecule has 0 aliphatic rings. The average molecular weight is 205 g/mol. The summed E-state index contributed by atoms with van der Waals surface area (Å²) < 4.78 is 9.59. The zero-order chi connectivity index (χ0) is 11.3. The fourth-order valence-corrected chi connectivity index (χ4v) is 1.21. The van der Waals surface area contributed by atoms with Crippen molar-refractivity contribution in [2.75, 3.05) is 14.2 Å². The molecule has 1 aromatic carbocycles. The van der Waals surface area contributed by atoms with E-state index in [2.05, 4.69) is 4.74 Å². The van der Waals surface area contributed by atoms with Crippen molar-refractivity contribution in [3.63, 3.8) is 0 Å². The number of ether oxygens (including phenoxy) is 2. The van der Waals surface area contributed by atoms with Crippen LogP contribution in [-0.2, 0) is 14.3 Å². The highest BCUT2D eigenvalue weighted by Crippen LogP contribution is 2.18. The molecular formula is C11H11NO3. The van der Waals surface area contributed by atoms with Crippen LogP contribution in [0.5, 0.6) is 0 Å². The van der Waals surface area contributed by atoms with Crippen LogP contribution in [0.4, 0.5) is 0 Å². The highest BCUT2D eigenvalue weighted by atomic mass is 16.6. The molecule has 15 heavy (non-hydrogen) atoms. The van der Waals surface area contributed by atoms with Gasteiger partial charge in [-0.2, -0.15) is 5.26 Å². The van der Waals surface area contributed by atoms with Gasteiger partial charge in [0.1, 0.15) is 0 Å². The molecule has 0 fully saturated rings. The topological polar surface area (TPSA) is 59.3 Å². The van der Waals surface area contributed by atoms with E-state index in [0.29, 0.717) is 11.1 Å². The zero-order valence-corrected chi connectivity index (χ0v) is 8.56. The second-order valence-electron chi connectivity index (χ2n) is 2.87. The Labute approximate surface area is 88.0 Å². The molecule has 0 spiro atoms. The molecule has 0 aromatic heterocycles. The first-order valence-corrected chi connectivity index (χ1v) is 4.33. The van der Waals surface area contributed by atoms with Crippen molar-refractivity contribution in [1.82, 2.24) is 0 Å². The van der Waals surface area contributed by atoms with Gasteiger partial charge in [0.15, 0.2) is 6.10 Å². The molecule has 78 valence electrons. The Morgan fingerprint density at radius 3 is 2.33 bits per heavy atom. The van der Waals surface area contributed by atoms with Gasteiger partial charge in [0.05, 0.1) is 18.7 Å². The quantitative estimate of drug-likeness (QED) is 0.700.